The zero-order valence-corrected chi connectivity index (χ0v) is 17.8. The Hall–Kier alpha value is -0.860. The highest BCUT2D eigenvalue weighted by Gasteiger charge is 2.35. The molecule has 2 heteroatoms. The highest BCUT2D eigenvalue weighted by atomic mass is 16.5. The molecule has 27 heavy (non-hydrogen) atoms. The number of nitrogens with two attached hydrogens (primary N) is 1. The van der Waals surface area contributed by atoms with Crippen LogP contribution in [0.1, 0.15) is 101 Å². The molecule has 2 aliphatic carbocycles. The molecule has 0 aromatic heterocycles. The summed E-state index contributed by atoms with van der Waals surface area (Å²) in [5.41, 5.74) is 11.4. The van der Waals surface area contributed by atoms with Crippen molar-refractivity contribution in [2.24, 2.45) is 11.7 Å². The summed E-state index contributed by atoms with van der Waals surface area (Å²) in [7, 11) is 0. The smallest absolute Gasteiger partial charge is 0.0466 e. The average Bonchev–Trinajstić information content (AvgIpc) is 3.10. The fourth-order valence-electron chi connectivity index (χ4n) is 5.17. The molecule has 0 saturated heterocycles. The third-order valence-corrected chi connectivity index (χ3v) is 7.13. The van der Waals surface area contributed by atoms with Crippen LogP contribution in [-0.2, 0) is 17.6 Å². The van der Waals surface area contributed by atoms with E-state index in [9.17, 15) is 0 Å². The van der Waals surface area contributed by atoms with E-state index >= 15 is 0 Å². The molecule has 1 aromatic carbocycles. The van der Waals surface area contributed by atoms with Gasteiger partial charge in [0.1, 0.15) is 0 Å². The fraction of sp³-hybridized carbons (Fsp3) is 0.760. The van der Waals surface area contributed by atoms with Crippen molar-refractivity contribution < 1.29 is 4.74 Å². The monoisotopic (exact) mass is 371 g/mol. The van der Waals surface area contributed by atoms with Gasteiger partial charge in [-0.25, -0.2) is 0 Å². The van der Waals surface area contributed by atoms with Gasteiger partial charge in [-0.15, -0.1) is 0 Å². The second-order valence-corrected chi connectivity index (χ2v) is 9.25. The normalized spacial score (nSPS) is 27.7. The second kappa shape index (κ2) is 10.1. The third kappa shape index (κ3) is 5.81. The van der Waals surface area contributed by atoms with Gasteiger partial charge in [-0.1, -0.05) is 51.3 Å². The Bertz CT molecular complexity index is 584. The summed E-state index contributed by atoms with van der Waals surface area (Å²) in [4.78, 5) is 0. The van der Waals surface area contributed by atoms with E-state index in [4.69, 9.17) is 10.5 Å². The van der Waals surface area contributed by atoms with Gasteiger partial charge in [0.25, 0.3) is 0 Å². The molecule has 1 fully saturated rings. The molecule has 0 spiro atoms. The van der Waals surface area contributed by atoms with Crippen molar-refractivity contribution in [2.45, 2.75) is 102 Å². The van der Waals surface area contributed by atoms with Gasteiger partial charge in [-0.05, 0) is 86.3 Å². The standard InChI is InChI=1S/C25H41NO/c1-3-15-27-16-7-5-6-8-20-9-10-22-18-23(12-11-21(22)17-20)24-13-14-25(26,4-2)19-24/h11-12,18,20,24H,3-10,13-17,19,26H2,1-2H3/t20-,24-,25+/m0/s1. The first-order valence-corrected chi connectivity index (χ1v) is 11.6. The Kier molecular flexibility index (Phi) is 7.78. The van der Waals surface area contributed by atoms with Gasteiger partial charge in [-0.3, -0.25) is 0 Å². The summed E-state index contributed by atoms with van der Waals surface area (Å²) in [5.74, 6) is 1.58. The number of ether oxygens (including phenoxy) is 1. The van der Waals surface area contributed by atoms with Crippen LogP contribution in [0.15, 0.2) is 18.2 Å². The molecular formula is C25H41NO. The van der Waals surface area contributed by atoms with E-state index in [0.29, 0.717) is 5.92 Å². The number of hydrogen-bond donors (Lipinski definition) is 1. The molecule has 1 aromatic rings. The van der Waals surface area contributed by atoms with Crippen LogP contribution in [0.2, 0.25) is 0 Å². The average molecular weight is 372 g/mol. The highest BCUT2D eigenvalue weighted by Crippen LogP contribution is 2.42. The second-order valence-electron chi connectivity index (χ2n) is 9.25. The summed E-state index contributed by atoms with van der Waals surface area (Å²) in [5, 5.41) is 0. The van der Waals surface area contributed by atoms with Crippen molar-refractivity contribution in [1.29, 1.82) is 0 Å². The molecule has 0 heterocycles. The van der Waals surface area contributed by atoms with Gasteiger partial charge in [0.15, 0.2) is 0 Å². The lowest BCUT2D eigenvalue weighted by atomic mass is 9.79. The first-order chi connectivity index (χ1) is 13.1. The molecule has 3 atom stereocenters. The maximum absolute atomic E-state index is 6.53. The molecule has 0 bridgehead atoms. The Labute approximate surface area is 167 Å². The Morgan fingerprint density at radius 1 is 1.07 bits per heavy atom. The van der Waals surface area contributed by atoms with Crippen molar-refractivity contribution in [3.8, 4) is 0 Å². The van der Waals surface area contributed by atoms with Crippen molar-refractivity contribution in [3.05, 3.63) is 34.9 Å². The van der Waals surface area contributed by atoms with E-state index < -0.39 is 0 Å². The first-order valence-electron chi connectivity index (χ1n) is 11.6. The van der Waals surface area contributed by atoms with Crippen LogP contribution in [0.5, 0.6) is 0 Å². The van der Waals surface area contributed by atoms with Crippen LogP contribution in [0.3, 0.4) is 0 Å². The molecule has 0 aliphatic heterocycles. The summed E-state index contributed by atoms with van der Waals surface area (Å²) in [6, 6.07) is 7.39. The van der Waals surface area contributed by atoms with Crippen LogP contribution < -0.4 is 5.73 Å². The minimum Gasteiger partial charge on any atom is -0.381 e. The highest BCUT2D eigenvalue weighted by molar-refractivity contribution is 5.36. The SMILES string of the molecule is CCCOCCCCC[C@H]1CCc2cc([C@H]3CC[C@](N)(CC)C3)ccc2C1. The molecule has 0 radical (unpaired) electrons. The molecule has 1 saturated carbocycles. The van der Waals surface area contributed by atoms with Crippen molar-refractivity contribution in [3.63, 3.8) is 0 Å². The fourth-order valence-corrected chi connectivity index (χ4v) is 5.17. The topological polar surface area (TPSA) is 35.2 Å². The van der Waals surface area contributed by atoms with E-state index in [1.807, 2.05) is 0 Å². The molecule has 2 nitrogen and oxygen atoms in total. The molecule has 0 unspecified atom stereocenters. The molecular weight excluding hydrogens is 330 g/mol. The first kappa shape index (κ1) is 20.9. The lowest BCUT2D eigenvalue weighted by Gasteiger charge is -2.26. The molecule has 3 rings (SSSR count). The van der Waals surface area contributed by atoms with Crippen LogP contribution in [0.4, 0.5) is 0 Å². The van der Waals surface area contributed by atoms with Gasteiger partial charge in [0, 0.05) is 18.8 Å². The molecule has 152 valence electrons. The van der Waals surface area contributed by atoms with E-state index in [0.717, 1.165) is 32.0 Å². The van der Waals surface area contributed by atoms with E-state index in [2.05, 4.69) is 32.0 Å². The maximum Gasteiger partial charge on any atom is 0.0466 e. The zero-order valence-electron chi connectivity index (χ0n) is 17.8. The summed E-state index contributed by atoms with van der Waals surface area (Å²) in [6.07, 6.45) is 15.1. The number of unbranched alkanes of at least 4 members (excludes halogenated alkanes) is 2. The number of benzene rings is 1. The summed E-state index contributed by atoms with van der Waals surface area (Å²) < 4.78 is 5.59. The van der Waals surface area contributed by atoms with Crippen LogP contribution in [0, 0.1) is 5.92 Å². The minimum atomic E-state index is 0.0905. The third-order valence-electron chi connectivity index (χ3n) is 7.13. The lowest BCUT2D eigenvalue weighted by Crippen LogP contribution is -2.35. The minimum absolute atomic E-state index is 0.0905. The number of fused-ring (bicyclic) bond motifs is 1. The number of aryl methyl sites for hydroxylation is 1. The van der Waals surface area contributed by atoms with Gasteiger partial charge < -0.3 is 10.5 Å². The van der Waals surface area contributed by atoms with Gasteiger partial charge in [0.05, 0.1) is 0 Å². The summed E-state index contributed by atoms with van der Waals surface area (Å²) in [6.45, 7) is 6.29. The predicted molar refractivity (Wildman–Crippen MR) is 115 cm³/mol. The number of rotatable bonds is 10. The lowest BCUT2D eigenvalue weighted by molar-refractivity contribution is 0.130. The quantitative estimate of drug-likeness (QED) is 0.500. The molecule has 2 N–H and O–H groups in total. The van der Waals surface area contributed by atoms with Gasteiger partial charge >= 0.3 is 0 Å². The van der Waals surface area contributed by atoms with Gasteiger partial charge in [0.2, 0.25) is 0 Å². The maximum atomic E-state index is 6.53. The van der Waals surface area contributed by atoms with E-state index in [1.165, 1.54) is 64.2 Å². The van der Waals surface area contributed by atoms with E-state index in [1.54, 1.807) is 16.7 Å². The Morgan fingerprint density at radius 2 is 1.96 bits per heavy atom. The largest absolute Gasteiger partial charge is 0.381 e. The van der Waals surface area contributed by atoms with E-state index in [-0.39, 0.29) is 5.54 Å². The van der Waals surface area contributed by atoms with Crippen molar-refractivity contribution >= 4 is 0 Å². The Morgan fingerprint density at radius 3 is 2.74 bits per heavy atom. The van der Waals surface area contributed by atoms with Crippen LogP contribution in [0.25, 0.3) is 0 Å². The molecule has 2 aliphatic rings. The van der Waals surface area contributed by atoms with Crippen molar-refractivity contribution in [2.75, 3.05) is 13.2 Å². The zero-order chi connectivity index (χ0) is 19.1. The molecule has 0 amide bonds. The Balaban J connectivity index is 1.44. The van der Waals surface area contributed by atoms with Crippen molar-refractivity contribution in [1.82, 2.24) is 0 Å². The van der Waals surface area contributed by atoms with Gasteiger partial charge in [-0.2, -0.15) is 0 Å². The van der Waals surface area contributed by atoms with Crippen LogP contribution >= 0.6 is 0 Å². The predicted octanol–water partition coefficient (Wildman–Crippen LogP) is 6.15. The summed E-state index contributed by atoms with van der Waals surface area (Å²) >= 11 is 0. The number of hydrogen-bond acceptors (Lipinski definition) is 2. The van der Waals surface area contributed by atoms with Crippen LogP contribution in [-0.4, -0.2) is 18.8 Å².